The molecule has 90 valence electrons. The van der Waals surface area contributed by atoms with E-state index in [0.29, 0.717) is 0 Å². The second-order valence-electron chi connectivity index (χ2n) is 4.58. The summed E-state index contributed by atoms with van der Waals surface area (Å²) in [4.78, 5) is 0. The fourth-order valence-electron chi connectivity index (χ4n) is 2.94. The van der Waals surface area contributed by atoms with Gasteiger partial charge in [-0.2, -0.15) is 0 Å². The Morgan fingerprint density at radius 3 is 2.28 bits per heavy atom. The van der Waals surface area contributed by atoms with Crippen molar-refractivity contribution in [3.8, 4) is 0 Å². The molecule has 0 spiro atoms. The number of benzene rings is 3. The molecule has 3 aromatic carbocycles. The van der Waals surface area contributed by atoms with Crippen molar-refractivity contribution in [2.24, 2.45) is 0 Å². The molecule has 0 amide bonds. The maximum atomic E-state index is 2.37. The predicted molar refractivity (Wildman–Crippen MR) is 80.8 cm³/mol. The van der Waals surface area contributed by atoms with Crippen molar-refractivity contribution in [2.75, 3.05) is 0 Å². The Balaban J connectivity index is 0.000000478. The van der Waals surface area contributed by atoms with E-state index in [-0.39, 0.29) is 0 Å². The Morgan fingerprint density at radius 2 is 1.50 bits per heavy atom. The quantitative estimate of drug-likeness (QED) is 0.538. The van der Waals surface area contributed by atoms with Gasteiger partial charge >= 0.3 is 0 Å². The molecule has 4 rings (SSSR count). The van der Waals surface area contributed by atoms with E-state index < -0.39 is 0 Å². The molecule has 0 radical (unpaired) electrons. The summed E-state index contributed by atoms with van der Waals surface area (Å²) in [7, 11) is 0. The van der Waals surface area contributed by atoms with Gasteiger partial charge in [0.05, 0.1) is 0 Å². The first-order valence-electron chi connectivity index (χ1n) is 6.87. The Morgan fingerprint density at radius 1 is 0.778 bits per heavy atom. The van der Waals surface area contributed by atoms with Gasteiger partial charge in [0.15, 0.2) is 0 Å². The van der Waals surface area contributed by atoms with Crippen molar-refractivity contribution in [1.29, 1.82) is 0 Å². The van der Waals surface area contributed by atoms with Gasteiger partial charge in [-0.3, -0.25) is 0 Å². The standard InChI is InChI=1S/C16H12.C2H6/c1-3-11-7-9-13-5-2-6-14-10-8-12(4-1)15(11)16(13)14;1-2/h1,3-5,7-10H,2,6H2;1-2H3. The van der Waals surface area contributed by atoms with Gasteiger partial charge in [-0.25, -0.2) is 0 Å². The van der Waals surface area contributed by atoms with Gasteiger partial charge in [0.25, 0.3) is 0 Å². The molecule has 1 aliphatic rings. The van der Waals surface area contributed by atoms with Crippen molar-refractivity contribution in [3.05, 3.63) is 53.2 Å². The minimum Gasteiger partial charge on any atom is -0.0763 e. The second-order valence-corrected chi connectivity index (χ2v) is 4.58. The molecular formula is C18H18. The Labute approximate surface area is 108 Å². The van der Waals surface area contributed by atoms with Crippen LogP contribution >= 0.6 is 0 Å². The lowest BCUT2D eigenvalue weighted by atomic mass is 9.90. The average molecular weight is 234 g/mol. The van der Waals surface area contributed by atoms with Gasteiger partial charge in [0.2, 0.25) is 0 Å². The molecule has 0 heterocycles. The van der Waals surface area contributed by atoms with Crippen LogP contribution in [-0.4, -0.2) is 0 Å². The number of aryl methyl sites for hydroxylation is 1. The summed E-state index contributed by atoms with van der Waals surface area (Å²) >= 11 is 0. The van der Waals surface area contributed by atoms with Crippen LogP contribution in [0.5, 0.6) is 0 Å². The first kappa shape index (κ1) is 11.3. The van der Waals surface area contributed by atoms with E-state index in [2.05, 4.69) is 48.5 Å². The lowest BCUT2D eigenvalue weighted by molar-refractivity contribution is 1.04. The normalized spacial score (nSPS) is 13.0. The molecule has 18 heavy (non-hydrogen) atoms. The summed E-state index contributed by atoms with van der Waals surface area (Å²) in [5.41, 5.74) is 1.52. The molecular weight excluding hydrogens is 216 g/mol. The zero-order chi connectivity index (χ0) is 12.5. The third-order valence-corrected chi connectivity index (χ3v) is 3.67. The van der Waals surface area contributed by atoms with E-state index in [0.717, 1.165) is 0 Å². The summed E-state index contributed by atoms with van der Waals surface area (Å²) < 4.78 is 0. The number of hydrogen-bond acceptors (Lipinski definition) is 0. The molecule has 0 atom stereocenters. The minimum atomic E-state index is 1.18. The topological polar surface area (TPSA) is 0 Å². The van der Waals surface area contributed by atoms with Crippen molar-refractivity contribution in [1.82, 2.24) is 0 Å². The Hall–Kier alpha value is -1.82. The van der Waals surface area contributed by atoms with E-state index >= 15 is 0 Å². The summed E-state index contributed by atoms with van der Waals surface area (Å²) in [6.07, 6.45) is 4.74. The molecule has 0 nitrogen and oxygen atoms in total. The monoisotopic (exact) mass is 234 g/mol. The van der Waals surface area contributed by atoms with Gasteiger partial charge in [0, 0.05) is 0 Å². The summed E-state index contributed by atoms with van der Waals surface area (Å²) in [6.45, 7) is 4.00. The fourth-order valence-corrected chi connectivity index (χ4v) is 2.94. The molecule has 0 N–H and O–H groups in total. The molecule has 0 fully saturated rings. The van der Waals surface area contributed by atoms with Gasteiger partial charge in [0.1, 0.15) is 0 Å². The highest BCUT2D eigenvalue weighted by atomic mass is 14.1. The molecule has 0 bridgehead atoms. The zero-order valence-electron chi connectivity index (χ0n) is 11.0. The van der Waals surface area contributed by atoms with Crippen molar-refractivity contribution in [2.45, 2.75) is 26.7 Å². The molecule has 3 aromatic rings. The lowest BCUT2D eigenvalue weighted by Gasteiger charge is -2.14. The number of rotatable bonds is 0. The maximum absolute atomic E-state index is 2.37. The van der Waals surface area contributed by atoms with E-state index in [1.54, 1.807) is 0 Å². The largest absolute Gasteiger partial charge is 0.0763 e. The smallest absolute Gasteiger partial charge is 0.00302 e. The van der Waals surface area contributed by atoms with Crippen molar-refractivity contribution >= 4 is 27.6 Å². The third kappa shape index (κ3) is 1.53. The lowest BCUT2D eigenvalue weighted by Crippen LogP contribution is -2.09. The van der Waals surface area contributed by atoms with Crippen LogP contribution in [0.1, 0.15) is 25.8 Å². The van der Waals surface area contributed by atoms with Crippen LogP contribution in [0.2, 0.25) is 0 Å². The summed E-state index contributed by atoms with van der Waals surface area (Å²) in [5, 5.41) is 7.10. The molecule has 1 aliphatic carbocycles. The highest BCUT2D eigenvalue weighted by Gasteiger charge is 2.09. The first-order chi connectivity index (χ1) is 8.93. The molecule has 0 saturated carbocycles. The van der Waals surface area contributed by atoms with Gasteiger partial charge in [-0.05, 0) is 45.2 Å². The maximum Gasteiger partial charge on any atom is -0.00302 e. The van der Waals surface area contributed by atoms with E-state index in [1.807, 2.05) is 13.8 Å². The summed E-state index contributed by atoms with van der Waals surface area (Å²) in [5.74, 6) is 0. The van der Waals surface area contributed by atoms with Crippen LogP contribution in [0, 0.1) is 0 Å². The van der Waals surface area contributed by atoms with Crippen LogP contribution in [0.15, 0.2) is 42.5 Å². The van der Waals surface area contributed by atoms with E-state index in [4.69, 9.17) is 0 Å². The van der Waals surface area contributed by atoms with Crippen LogP contribution in [-0.2, 0) is 6.42 Å². The SMILES string of the molecule is C1=c2ccc3cccc4ccc(c2c43)CC1.CC. The average Bonchev–Trinajstić information content (AvgIpc) is 2.47. The highest BCUT2D eigenvalue weighted by molar-refractivity contribution is 6.11. The molecule has 0 aliphatic heterocycles. The predicted octanol–water partition coefficient (Wildman–Crippen LogP) is 4.46. The van der Waals surface area contributed by atoms with Crippen LogP contribution in [0.4, 0.5) is 0 Å². The molecule has 0 unspecified atom stereocenters. The molecule has 0 aromatic heterocycles. The summed E-state index contributed by atoms with van der Waals surface area (Å²) in [6, 6.07) is 15.6. The van der Waals surface area contributed by atoms with E-state index in [1.165, 1.54) is 45.2 Å². The Kier molecular flexibility index (Phi) is 2.79. The zero-order valence-corrected chi connectivity index (χ0v) is 11.0. The number of hydrogen-bond donors (Lipinski definition) is 0. The molecule has 0 heteroatoms. The van der Waals surface area contributed by atoms with Gasteiger partial charge in [-0.15, -0.1) is 0 Å². The van der Waals surface area contributed by atoms with Gasteiger partial charge < -0.3 is 0 Å². The van der Waals surface area contributed by atoms with Crippen LogP contribution in [0.3, 0.4) is 0 Å². The first-order valence-corrected chi connectivity index (χ1v) is 6.87. The van der Waals surface area contributed by atoms with Crippen LogP contribution in [0.25, 0.3) is 27.6 Å². The third-order valence-electron chi connectivity index (χ3n) is 3.67. The van der Waals surface area contributed by atoms with Crippen molar-refractivity contribution < 1.29 is 0 Å². The second kappa shape index (κ2) is 4.45. The molecule has 0 saturated heterocycles. The fraction of sp³-hybridized carbons (Fsp3) is 0.222. The van der Waals surface area contributed by atoms with Crippen molar-refractivity contribution in [3.63, 3.8) is 0 Å². The van der Waals surface area contributed by atoms with Crippen LogP contribution < -0.4 is 5.22 Å². The Bertz CT molecular complexity index is 735. The minimum absolute atomic E-state index is 1.18. The van der Waals surface area contributed by atoms with Gasteiger partial charge in [-0.1, -0.05) is 62.4 Å². The highest BCUT2D eigenvalue weighted by Crippen LogP contribution is 2.28. The van der Waals surface area contributed by atoms with E-state index in [9.17, 15) is 0 Å².